The lowest BCUT2D eigenvalue weighted by molar-refractivity contribution is -0.157. The molecule has 0 saturated heterocycles. The Morgan fingerprint density at radius 1 is 1.05 bits per heavy atom. The lowest BCUT2D eigenvalue weighted by Gasteiger charge is -2.28. The van der Waals surface area contributed by atoms with Crippen molar-refractivity contribution in [2.45, 2.75) is 78.6 Å². The van der Waals surface area contributed by atoms with E-state index < -0.39 is 12.1 Å². The molecule has 0 radical (unpaired) electrons. The number of aromatic nitrogens is 2. The number of rotatable bonds is 3. The number of aryl methyl sites for hydroxylation is 1. The van der Waals surface area contributed by atoms with Crippen molar-refractivity contribution in [2.75, 3.05) is 13.4 Å². The minimum absolute atomic E-state index is 0.124. The number of carbonyl (C=O) groups is 1. The Morgan fingerprint density at radius 2 is 1.84 bits per heavy atom. The van der Waals surface area contributed by atoms with Crippen molar-refractivity contribution in [3.8, 4) is 22.9 Å². The lowest BCUT2D eigenvalue weighted by Crippen LogP contribution is -2.32. The third-order valence-corrected chi connectivity index (χ3v) is 7.59. The van der Waals surface area contributed by atoms with Crippen LogP contribution in [0, 0.1) is 0 Å². The summed E-state index contributed by atoms with van der Waals surface area (Å²) in [6.45, 7) is 8.52. The zero-order valence-corrected chi connectivity index (χ0v) is 22.3. The van der Waals surface area contributed by atoms with E-state index in [0.717, 1.165) is 52.6 Å². The molecule has 7 rings (SSSR count). The molecule has 2 N–H and O–H groups in total. The number of cyclic esters (lactones) is 1. The predicted molar refractivity (Wildman–Crippen MR) is 141 cm³/mol. The molecular formula is C29H34N2O7. The molecule has 9 heteroatoms. The standard InChI is InChI=1S/C25H22N2O7.2C2H6/c28-5-1-2-11-3-4-12-20-16(7-18-23(12)34-10-33-18)26-21-14(19(11)20)8-27-17(21)6-13-15(24(27)30)9-32-25(31)22(13)29;2*1-2/h6-7,11,22,28-29H,1-5,8-10H2;2*1-2H3. The van der Waals surface area contributed by atoms with Crippen LogP contribution in [-0.2, 0) is 29.1 Å². The van der Waals surface area contributed by atoms with Gasteiger partial charge >= 0.3 is 5.97 Å². The van der Waals surface area contributed by atoms with Gasteiger partial charge in [-0.1, -0.05) is 27.7 Å². The SMILES string of the molecule is CC.CC.O=C1OCc2c(cc3n(c2=O)Cc2c-3nc3cc4c(c5c3c2C(CCCO)CC5)OCO4)C1O. The van der Waals surface area contributed by atoms with Crippen LogP contribution in [0.15, 0.2) is 16.9 Å². The molecule has 4 aliphatic rings. The summed E-state index contributed by atoms with van der Waals surface area (Å²) in [5.41, 5.74) is 5.61. The number of carbonyl (C=O) groups excluding carboxylic acids is 1. The summed E-state index contributed by atoms with van der Waals surface area (Å²) in [6.07, 6.45) is 1.78. The van der Waals surface area contributed by atoms with E-state index in [0.29, 0.717) is 41.2 Å². The van der Waals surface area contributed by atoms with Gasteiger partial charge in [-0.25, -0.2) is 9.78 Å². The summed E-state index contributed by atoms with van der Waals surface area (Å²) < 4.78 is 18.1. The Balaban J connectivity index is 0.000000704. The molecule has 5 heterocycles. The number of aliphatic hydroxyl groups excluding tert-OH is 2. The normalized spacial score (nSPS) is 19.4. The minimum atomic E-state index is -1.48. The van der Waals surface area contributed by atoms with Gasteiger partial charge in [0, 0.05) is 34.7 Å². The average Bonchev–Trinajstić information content (AvgIpc) is 3.58. The Morgan fingerprint density at radius 3 is 2.61 bits per heavy atom. The number of benzene rings is 1. The van der Waals surface area contributed by atoms with Crippen molar-refractivity contribution in [1.82, 2.24) is 9.55 Å². The predicted octanol–water partition coefficient (Wildman–Crippen LogP) is 4.10. The van der Waals surface area contributed by atoms with Crippen LogP contribution in [0.4, 0.5) is 0 Å². The first-order valence-corrected chi connectivity index (χ1v) is 13.6. The van der Waals surface area contributed by atoms with Gasteiger partial charge in [-0.2, -0.15) is 0 Å². The van der Waals surface area contributed by atoms with Crippen LogP contribution in [-0.4, -0.2) is 39.1 Å². The summed E-state index contributed by atoms with van der Waals surface area (Å²) >= 11 is 0. The number of nitrogens with zero attached hydrogens (tertiary/aromatic N) is 2. The van der Waals surface area contributed by atoms with E-state index in [4.69, 9.17) is 19.2 Å². The molecule has 0 bridgehead atoms. The maximum atomic E-state index is 13.4. The molecule has 3 aliphatic heterocycles. The van der Waals surface area contributed by atoms with Crippen LogP contribution in [0.2, 0.25) is 0 Å². The van der Waals surface area contributed by atoms with Crippen molar-refractivity contribution < 1.29 is 29.2 Å². The molecular weight excluding hydrogens is 488 g/mol. The summed E-state index contributed by atoms with van der Waals surface area (Å²) in [4.78, 5) is 30.3. The third kappa shape index (κ3) is 3.79. The van der Waals surface area contributed by atoms with Crippen LogP contribution >= 0.6 is 0 Å². The number of fused-ring (bicyclic) bond motifs is 7. The highest BCUT2D eigenvalue weighted by Gasteiger charge is 2.38. The van der Waals surface area contributed by atoms with E-state index in [1.165, 1.54) is 0 Å². The average molecular weight is 523 g/mol. The lowest BCUT2D eigenvalue weighted by atomic mass is 9.77. The number of pyridine rings is 2. The van der Waals surface area contributed by atoms with Crippen molar-refractivity contribution in [2.24, 2.45) is 0 Å². The van der Waals surface area contributed by atoms with Crippen molar-refractivity contribution in [3.05, 3.63) is 50.3 Å². The minimum Gasteiger partial charge on any atom is -0.458 e. The van der Waals surface area contributed by atoms with Crippen molar-refractivity contribution in [1.29, 1.82) is 0 Å². The first-order chi connectivity index (χ1) is 18.6. The number of aliphatic hydroxyl groups is 2. The largest absolute Gasteiger partial charge is 0.458 e. The topological polar surface area (TPSA) is 120 Å². The van der Waals surface area contributed by atoms with Crippen LogP contribution in [0.1, 0.15) is 86.8 Å². The fraction of sp³-hybridized carbons (Fsp3) is 0.483. The second-order valence-corrected chi connectivity index (χ2v) is 9.30. The molecule has 2 atom stereocenters. The molecule has 9 nitrogen and oxygen atoms in total. The van der Waals surface area contributed by atoms with Gasteiger partial charge in [0.15, 0.2) is 17.6 Å². The van der Waals surface area contributed by atoms with E-state index in [1.807, 2.05) is 33.8 Å². The van der Waals surface area contributed by atoms with E-state index >= 15 is 0 Å². The molecule has 2 unspecified atom stereocenters. The maximum Gasteiger partial charge on any atom is 0.340 e. The molecule has 0 spiro atoms. The monoisotopic (exact) mass is 522 g/mol. The first-order valence-electron chi connectivity index (χ1n) is 13.6. The first kappa shape index (κ1) is 26.2. The van der Waals surface area contributed by atoms with E-state index in [-0.39, 0.29) is 31.5 Å². The second-order valence-electron chi connectivity index (χ2n) is 9.30. The number of hydrogen-bond acceptors (Lipinski definition) is 8. The van der Waals surface area contributed by atoms with Gasteiger partial charge in [-0.3, -0.25) is 4.79 Å². The molecule has 0 amide bonds. The Hall–Kier alpha value is -3.43. The fourth-order valence-electron chi connectivity index (χ4n) is 6.06. The molecule has 38 heavy (non-hydrogen) atoms. The quantitative estimate of drug-likeness (QED) is 0.386. The van der Waals surface area contributed by atoms with Crippen LogP contribution in [0.3, 0.4) is 0 Å². The summed E-state index contributed by atoms with van der Waals surface area (Å²) in [5, 5.41) is 21.0. The summed E-state index contributed by atoms with van der Waals surface area (Å²) in [6, 6.07) is 3.60. The number of esters is 1. The van der Waals surface area contributed by atoms with Crippen LogP contribution in [0.5, 0.6) is 11.5 Å². The van der Waals surface area contributed by atoms with E-state index in [2.05, 4.69) is 0 Å². The smallest absolute Gasteiger partial charge is 0.340 e. The fourth-order valence-corrected chi connectivity index (χ4v) is 6.06. The number of ether oxygens (including phenoxy) is 3. The van der Waals surface area contributed by atoms with E-state index in [9.17, 15) is 19.8 Å². The molecule has 1 aromatic carbocycles. The summed E-state index contributed by atoms with van der Waals surface area (Å²) in [5.74, 6) is 0.916. The van der Waals surface area contributed by atoms with Gasteiger partial charge in [-0.05, 0) is 43.2 Å². The Labute approximate surface area is 221 Å². The van der Waals surface area contributed by atoms with Gasteiger partial charge in [0.2, 0.25) is 6.79 Å². The molecule has 1 aliphatic carbocycles. The van der Waals surface area contributed by atoms with Crippen molar-refractivity contribution in [3.63, 3.8) is 0 Å². The van der Waals surface area contributed by atoms with Gasteiger partial charge in [0.1, 0.15) is 6.61 Å². The molecule has 3 aromatic rings. The Bertz CT molecular complexity index is 1480. The second kappa shape index (κ2) is 10.4. The molecule has 202 valence electrons. The van der Waals surface area contributed by atoms with Crippen LogP contribution in [0.25, 0.3) is 22.3 Å². The van der Waals surface area contributed by atoms with Crippen molar-refractivity contribution >= 4 is 16.9 Å². The van der Waals surface area contributed by atoms with E-state index in [1.54, 1.807) is 10.6 Å². The highest BCUT2D eigenvalue weighted by Crippen LogP contribution is 2.51. The maximum absolute atomic E-state index is 13.4. The highest BCUT2D eigenvalue weighted by molar-refractivity contribution is 5.95. The zero-order chi connectivity index (χ0) is 27.1. The highest BCUT2D eigenvalue weighted by atomic mass is 16.7. The van der Waals surface area contributed by atoms with Crippen LogP contribution < -0.4 is 15.0 Å². The molecule has 2 aromatic heterocycles. The Kier molecular flexibility index (Phi) is 7.15. The van der Waals surface area contributed by atoms with Gasteiger partial charge in [-0.15, -0.1) is 0 Å². The number of hydrogen-bond donors (Lipinski definition) is 2. The third-order valence-electron chi connectivity index (χ3n) is 7.59. The van der Waals surface area contributed by atoms with Gasteiger partial charge < -0.3 is 29.0 Å². The molecule has 0 fully saturated rings. The van der Waals surface area contributed by atoms with Gasteiger partial charge in [0.05, 0.1) is 29.0 Å². The summed E-state index contributed by atoms with van der Waals surface area (Å²) in [7, 11) is 0. The van der Waals surface area contributed by atoms with Gasteiger partial charge in [0.25, 0.3) is 5.56 Å². The molecule has 0 saturated carbocycles. The zero-order valence-electron chi connectivity index (χ0n) is 22.3.